The normalized spacial score (nSPS) is 16.2. The topological polar surface area (TPSA) is 25.9 Å². The van der Waals surface area contributed by atoms with Crippen molar-refractivity contribution in [3.8, 4) is 6.57 Å². The first-order chi connectivity index (χ1) is 4.72. The molecule has 0 aliphatic heterocycles. The van der Waals surface area contributed by atoms with Gasteiger partial charge in [-0.3, -0.25) is 0 Å². The van der Waals surface area contributed by atoms with E-state index >= 15 is 0 Å². The van der Waals surface area contributed by atoms with Gasteiger partial charge < -0.3 is 4.99 Å². The molecular formula is C7H13N2O+. The number of hydrogen-bond acceptors (Lipinski definition) is 2. The average molecular weight is 141 g/mol. The summed E-state index contributed by atoms with van der Waals surface area (Å²) in [7, 11) is 1.73. The molecule has 0 amide bonds. The molecule has 0 aliphatic rings. The smallest absolute Gasteiger partial charge is 0.300 e. The van der Waals surface area contributed by atoms with E-state index in [9.17, 15) is 0 Å². The van der Waals surface area contributed by atoms with Gasteiger partial charge in [0.15, 0.2) is 6.10 Å². The quantitative estimate of drug-likeness (QED) is 0.433. The predicted octanol–water partition coefficient (Wildman–Crippen LogP) is 1.61. The maximum Gasteiger partial charge on any atom is 0.335 e. The Labute approximate surface area is 61.5 Å². The van der Waals surface area contributed by atoms with Crippen molar-refractivity contribution >= 4 is 6.21 Å². The molecule has 0 rings (SSSR count). The Balaban J connectivity index is 3.72. The van der Waals surface area contributed by atoms with Gasteiger partial charge in [-0.25, -0.2) is 0 Å². The summed E-state index contributed by atoms with van der Waals surface area (Å²) in [6, 6.07) is 0. The molecule has 0 bridgehead atoms. The zero-order valence-electron chi connectivity index (χ0n) is 6.61. The summed E-state index contributed by atoms with van der Waals surface area (Å²) in [6.45, 7) is 8.70. The van der Waals surface area contributed by atoms with E-state index in [1.165, 1.54) is 0 Å². The molecule has 0 aromatic carbocycles. The first-order valence-electron chi connectivity index (χ1n) is 3.20. The molecule has 0 N–H and O–H groups in total. The van der Waals surface area contributed by atoms with Crippen LogP contribution in [0.15, 0.2) is 4.99 Å². The molecule has 0 aliphatic carbocycles. The maximum atomic E-state index is 4.82. The summed E-state index contributed by atoms with van der Waals surface area (Å²) < 4.78 is 0. The third-order valence-electron chi connectivity index (χ3n) is 1.35. The molecule has 0 aromatic heterocycles. The van der Waals surface area contributed by atoms with Gasteiger partial charge in [-0.1, -0.05) is 6.92 Å². The van der Waals surface area contributed by atoms with Gasteiger partial charge in [0.1, 0.15) is 0 Å². The lowest BCUT2D eigenvalue weighted by Gasteiger charge is -2.04. The molecule has 0 saturated heterocycles. The van der Waals surface area contributed by atoms with E-state index in [0.717, 1.165) is 0 Å². The maximum absolute atomic E-state index is 4.82. The van der Waals surface area contributed by atoms with Crippen LogP contribution in [0.4, 0.5) is 0 Å². The van der Waals surface area contributed by atoms with Gasteiger partial charge >= 0.3 is 6.57 Å². The molecule has 0 radical (unpaired) electrons. The van der Waals surface area contributed by atoms with Crippen molar-refractivity contribution in [2.24, 2.45) is 10.9 Å². The van der Waals surface area contributed by atoms with Crippen LogP contribution >= 0.6 is 0 Å². The number of hydrogen-bond donors (Lipinski definition) is 0. The first kappa shape index (κ1) is 8.96. The highest BCUT2D eigenvalue weighted by molar-refractivity contribution is 5.60. The lowest BCUT2D eigenvalue weighted by Crippen LogP contribution is -2.16. The summed E-state index contributed by atoms with van der Waals surface area (Å²) in [5.41, 5.74) is 0. The molecule has 0 fully saturated rings. The van der Waals surface area contributed by atoms with Crippen molar-refractivity contribution in [1.82, 2.24) is 0 Å². The molecule has 56 valence electrons. The van der Waals surface area contributed by atoms with Crippen molar-refractivity contribution in [2.75, 3.05) is 7.05 Å². The van der Waals surface area contributed by atoms with Crippen LogP contribution < -0.4 is 0 Å². The highest BCUT2D eigenvalue weighted by Crippen LogP contribution is 2.03. The minimum absolute atomic E-state index is 0.00583. The van der Waals surface area contributed by atoms with E-state index in [1.807, 2.05) is 13.8 Å². The molecule has 2 atom stereocenters. The van der Waals surface area contributed by atoms with Gasteiger partial charge in [-0.15, -0.1) is 0 Å². The summed E-state index contributed by atoms with van der Waals surface area (Å²) in [5.74, 6) is 0.247. The van der Waals surface area contributed by atoms with Gasteiger partial charge in [-0.2, -0.15) is 4.84 Å². The Hall–Kier alpha value is -1.04. The van der Waals surface area contributed by atoms with E-state index < -0.39 is 0 Å². The predicted molar refractivity (Wildman–Crippen MR) is 42.4 cm³/mol. The number of aliphatic imine (C=N–C) groups is 1. The lowest BCUT2D eigenvalue weighted by atomic mass is 10.1. The fourth-order valence-corrected chi connectivity index (χ4v) is 0.548. The van der Waals surface area contributed by atoms with Gasteiger partial charge in [0.05, 0.1) is 0 Å². The molecule has 0 aromatic rings. The number of nitrogens with zero attached hydrogens (tertiary/aromatic N) is 2. The molecular weight excluding hydrogens is 128 g/mol. The third-order valence-corrected chi connectivity index (χ3v) is 1.35. The summed E-state index contributed by atoms with van der Waals surface area (Å²) >= 11 is 0. The summed E-state index contributed by atoms with van der Waals surface area (Å²) in [4.78, 5) is 8.62. The third kappa shape index (κ3) is 3.08. The summed E-state index contributed by atoms with van der Waals surface area (Å²) in [5, 5.41) is 3.08. The van der Waals surface area contributed by atoms with Crippen molar-refractivity contribution < 1.29 is 4.84 Å². The Morgan fingerprint density at radius 1 is 1.60 bits per heavy atom. The van der Waals surface area contributed by atoms with Gasteiger partial charge in [0.2, 0.25) is 5.01 Å². The average Bonchev–Trinajstić information content (AvgIpc) is 1.89. The fraction of sp³-hybridized carbons (Fsp3) is 0.714. The van der Waals surface area contributed by atoms with Crippen molar-refractivity contribution in [2.45, 2.75) is 20.0 Å². The van der Waals surface area contributed by atoms with E-state index in [-0.39, 0.29) is 12.0 Å². The molecule has 3 nitrogen and oxygen atoms in total. The second kappa shape index (κ2) is 4.80. The molecule has 0 spiro atoms. The monoisotopic (exact) mass is 141 g/mol. The van der Waals surface area contributed by atoms with Crippen LogP contribution in [0.25, 0.3) is 5.01 Å². The minimum Gasteiger partial charge on any atom is -0.300 e. The SMILES string of the molecule is C#[N+]O[C@@H](C)[C@H](C)C=NC. The van der Waals surface area contributed by atoms with Crippen molar-refractivity contribution in [1.29, 1.82) is 0 Å². The highest BCUT2D eigenvalue weighted by atomic mass is 16.6. The Morgan fingerprint density at radius 3 is 2.60 bits per heavy atom. The Kier molecular flexibility index (Phi) is 4.30. The van der Waals surface area contributed by atoms with Crippen LogP contribution in [0.1, 0.15) is 13.8 Å². The van der Waals surface area contributed by atoms with Crippen molar-refractivity contribution in [3.63, 3.8) is 0 Å². The van der Waals surface area contributed by atoms with E-state index in [1.54, 1.807) is 13.3 Å². The number of rotatable bonds is 3. The van der Waals surface area contributed by atoms with Crippen LogP contribution in [0.3, 0.4) is 0 Å². The second-order valence-electron chi connectivity index (χ2n) is 2.18. The van der Waals surface area contributed by atoms with Gasteiger partial charge in [0, 0.05) is 19.2 Å². The molecule has 0 unspecified atom stereocenters. The Morgan fingerprint density at radius 2 is 2.20 bits per heavy atom. The Bertz CT molecular complexity index is 148. The van der Waals surface area contributed by atoms with Gasteiger partial charge in [-0.05, 0) is 6.92 Å². The van der Waals surface area contributed by atoms with Crippen LogP contribution in [0.5, 0.6) is 0 Å². The first-order valence-corrected chi connectivity index (χ1v) is 3.20. The van der Waals surface area contributed by atoms with Crippen LogP contribution in [0, 0.1) is 12.5 Å². The largest absolute Gasteiger partial charge is 0.335 e. The van der Waals surface area contributed by atoms with E-state index in [4.69, 9.17) is 11.4 Å². The zero-order valence-corrected chi connectivity index (χ0v) is 6.61. The minimum atomic E-state index is -0.00583. The molecule has 3 heteroatoms. The van der Waals surface area contributed by atoms with Crippen LogP contribution in [0.2, 0.25) is 0 Å². The molecule has 10 heavy (non-hydrogen) atoms. The van der Waals surface area contributed by atoms with Gasteiger partial charge in [0.25, 0.3) is 0 Å². The fourth-order valence-electron chi connectivity index (χ4n) is 0.548. The zero-order chi connectivity index (χ0) is 7.98. The molecule has 0 saturated carbocycles. The molecule has 0 heterocycles. The summed E-state index contributed by atoms with van der Waals surface area (Å²) in [6.07, 6.45) is 1.80. The van der Waals surface area contributed by atoms with E-state index in [0.29, 0.717) is 0 Å². The van der Waals surface area contributed by atoms with Crippen LogP contribution in [-0.2, 0) is 4.84 Å². The highest BCUT2D eigenvalue weighted by Gasteiger charge is 2.14. The second-order valence-corrected chi connectivity index (χ2v) is 2.18. The van der Waals surface area contributed by atoms with E-state index in [2.05, 4.69) is 10.0 Å². The lowest BCUT2D eigenvalue weighted by molar-refractivity contribution is 0.133. The van der Waals surface area contributed by atoms with Crippen LogP contribution in [-0.4, -0.2) is 19.4 Å². The van der Waals surface area contributed by atoms with Crippen molar-refractivity contribution in [3.05, 3.63) is 5.01 Å². The standard InChI is InChI=1S/C7H13N2O/c1-6(5-8-3)7(2)10-9-4/h4-7H,1-3H3/q+1/t6-,7+/m1/s1.